The SMILES string of the molecule is O=C(C=Cc1cc(Cl)ccc1Cl)NCC(O)CO. The van der Waals surface area contributed by atoms with Crippen molar-refractivity contribution < 1.29 is 15.0 Å². The van der Waals surface area contributed by atoms with E-state index in [1.807, 2.05) is 0 Å². The van der Waals surface area contributed by atoms with Gasteiger partial charge in [0.2, 0.25) is 5.91 Å². The molecule has 0 heterocycles. The summed E-state index contributed by atoms with van der Waals surface area (Å²) in [5.74, 6) is -0.390. The van der Waals surface area contributed by atoms with Crippen molar-refractivity contribution in [3.05, 3.63) is 39.9 Å². The van der Waals surface area contributed by atoms with Crippen LogP contribution in [0, 0.1) is 0 Å². The average molecular weight is 290 g/mol. The summed E-state index contributed by atoms with van der Waals surface area (Å²) in [6.45, 7) is -0.410. The second kappa shape index (κ2) is 7.38. The standard InChI is InChI=1S/C12H13Cl2NO3/c13-9-2-3-11(14)8(5-9)1-4-12(18)15-6-10(17)7-16/h1-5,10,16-17H,6-7H2,(H,15,18). The third kappa shape index (κ3) is 5.06. The van der Waals surface area contributed by atoms with E-state index in [2.05, 4.69) is 5.32 Å². The Morgan fingerprint density at radius 3 is 2.83 bits per heavy atom. The molecule has 0 spiro atoms. The summed E-state index contributed by atoms with van der Waals surface area (Å²) in [6.07, 6.45) is 1.84. The Kier molecular flexibility index (Phi) is 6.15. The lowest BCUT2D eigenvalue weighted by Gasteiger charge is -2.06. The van der Waals surface area contributed by atoms with E-state index in [4.69, 9.17) is 33.4 Å². The summed E-state index contributed by atoms with van der Waals surface area (Å²) in [5.41, 5.74) is 0.627. The first-order chi connectivity index (χ1) is 8.52. The van der Waals surface area contributed by atoms with Gasteiger partial charge in [-0.05, 0) is 29.8 Å². The number of hydrogen-bond acceptors (Lipinski definition) is 3. The Morgan fingerprint density at radius 2 is 2.17 bits per heavy atom. The maximum Gasteiger partial charge on any atom is 0.244 e. The second-order valence-electron chi connectivity index (χ2n) is 3.58. The molecule has 0 aliphatic rings. The van der Waals surface area contributed by atoms with Gasteiger partial charge in [-0.3, -0.25) is 4.79 Å². The van der Waals surface area contributed by atoms with Crippen molar-refractivity contribution in [2.75, 3.05) is 13.2 Å². The molecular weight excluding hydrogens is 277 g/mol. The monoisotopic (exact) mass is 289 g/mol. The summed E-state index contributed by atoms with van der Waals surface area (Å²) in [6, 6.07) is 4.92. The Balaban J connectivity index is 2.58. The Hall–Kier alpha value is -1.07. The minimum atomic E-state index is -0.961. The molecule has 0 aliphatic heterocycles. The number of benzene rings is 1. The van der Waals surface area contributed by atoms with Gasteiger partial charge in [0, 0.05) is 22.7 Å². The zero-order valence-corrected chi connectivity index (χ0v) is 10.9. The Bertz CT molecular complexity index is 449. The molecule has 1 atom stereocenters. The van der Waals surface area contributed by atoms with Crippen LogP contribution in [0.3, 0.4) is 0 Å². The molecule has 1 amide bonds. The zero-order valence-electron chi connectivity index (χ0n) is 9.44. The van der Waals surface area contributed by atoms with E-state index in [0.29, 0.717) is 15.6 Å². The van der Waals surface area contributed by atoms with E-state index in [1.54, 1.807) is 18.2 Å². The molecule has 6 heteroatoms. The van der Waals surface area contributed by atoms with Crippen LogP contribution in [-0.4, -0.2) is 35.4 Å². The smallest absolute Gasteiger partial charge is 0.244 e. The molecule has 0 fully saturated rings. The highest BCUT2D eigenvalue weighted by Crippen LogP contribution is 2.21. The zero-order chi connectivity index (χ0) is 13.5. The molecule has 0 saturated heterocycles. The average Bonchev–Trinajstić information content (AvgIpc) is 2.36. The molecule has 1 aromatic carbocycles. The molecule has 98 valence electrons. The quantitative estimate of drug-likeness (QED) is 0.719. The van der Waals surface area contributed by atoms with Gasteiger partial charge in [-0.25, -0.2) is 0 Å². The van der Waals surface area contributed by atoms with E-state index < -0.39 is 18.6 Å². The van der Waals surface area contributed by atoms with Crippen molar-refractivity contribution in [3.8, 4) is 0 Å². The van der Waals surface area contributed by atoms with Gasteiger partial charge in [0.15, 0.2) is 0 Å². The topological polar surface area (TPSA) is 69.6 Å². The van der Waals surface area contributed by atoms with Crippen LogP contribution in [0.5, 0.6) is 0 Å². The molecular formula is C12H13Cl2NO3. The van der Waals surface area contributed by atoms with Crippen LogP contribution in [0.25, 0.3) is 6.08 Å². The van der Waals surface area contributed by atoms with Gasteiger partial charge in [0.1, 0.15) is 0 Å². The van der Waals surface area contributed by atoms with Crippen LogP contribution < -0.4 is 5.32 Å². The van der Waals surface area contributed by atoms with E-state index in [0.717, 1.165) is 0 Å². The third-order valence-corrected chi connectivity index (χ3v) is 2.67. The number of aliphatic hydroxyl groups excluding tert-OH is 2. The van der Waals surface area contributed by atoms with Crippen molar-refractivity contribution in [2.24, 2.45) is 0 Å². The van der Waals surface area contributed by atoms with Crippen molar-refractivity contribution in [3.63, 3.8) is 0 Å². The lowest BCUT2D eigenvalue weighted by molar-refractivity contribution is -0.117. The number of hydrogen-bond donors (Lipinski definition) is 3. The number of carbonyl (C=O) groups excluding carboxylic acids is 1. The minimum absolute atomic E-state index is 0.0110. The van der Waals surface area contributed by atoms with Gasteiger partial charge < -0.3 is 15.5 Å². The summed E-state index contributed by atoms with van der Waals surface area (Å²) in [5, 5.41) is 21.1. The highest BCUT2D eigenvalue weighted by Gasteiger charge is 2.03. The summed E-state index contributed by atoms with van der Waals surface area (Å²) >= 11 is 11.7. The van der Waals surface area contributed by atoms with Gasteiger partial charge in [-0.1, -0.05) is 23.2 Å². The van der Waals surface area contributed by atoms with Gasteiger partial charge in [-0.2, -0.15) is 0 Å². The van der Waals surface area contributed by atoms with Crippen LogP contribution >= 0.6 is 23.2 Å². The first-order valence-electron chi connectivity index (χ1n) is 5.23. The van der Waals surface area contributed by atoms with Gasteiger partial charge >= 0.3 is 0 Å². The molecule has 1 unspecified atom stereocenters. The van der Waals surface area contributed by atoms with Crippen molar-refractivity contribution in [2.45, 2.75) is 6.10 Å². The first kappa shape index (κ1) is 15.0. The highest BCUT2D eigenvalue weighted by molar-refractivity contribution is 6.34. The van der Waals surface area contributed by atoms with E-state index >= 15 is 0 Å². The summed E-state index contributed by atoms with van der Waals surface area (Å²) in [4.78, 5) is 11.4. The molecule has 1 aromatic rings. The number of nitrogens with one attached hydrogen (secondary N) is 1. The molecule has 0 radical (unpaired) electrons. The number of carbonyl (C=O) groups is 1. The number of amides is 1. The van der Waals surface area contributed by atoms with E-state index in [9.17, 15) is 4.79 Å². The van der Waals surface area contributed by atoms with Crippen molar-refractivity contribution in [1.29, 1.82) is 0 Å². The van der Waals surface area contributed by atoms with Crippen LogP contribution in [-0.2, 0) is 4.79 Å². The fraction of sp³-hybridized carbons (Fsp3) is 0.250. The Labute approximate surface area is 115 Å². The number of halogens is 2. The maximum absolute atomic E-state index is 11.4. The minimum Gasteiger partial charge on any atom is -0.394 e. The lowest BCUT2D eigenvalue weighted by Crippen LogP contribution is -2.32. The molecule has 1 rings (SSSR count). The van der Waals surface area contributed by atoms with Crippen LogP contribution in [0.4, 0.5) is 0 Å². The maximum atomic E-state index is 11.4. The van der Waals surface area contributed by atoms with Crippen molar-refractivity contribution >= 4 is 35.2 Å². The molecule has 0 aliphatic carbocycles. The molecule has 18 heavy (non-hydrogen) atoms. The van der Waals surface area contributed by atoms with Crippen molar-refractivity contribution in [1.82, 2.24) is 5.32 Å². The molecule has 0 aromatic heterocycles. The largest absolute Gasteiger partial charge is 0.394 e. The highest BCUT2D eigenvalue weighted by atomic mass is 35.5. The van der Waals surface area contributed by atoms with Crippen LogP contribution in [0.15, 0.2) is 24.3 Å². The summed E-state index contributed by atoms with van der Waals surface area (Å²) in [7, 11) is 0. The van der Waals surface area contributed by atoms with E-state index in [-0.39, 0.29) is 6.54 Å². The van der Waals surface area contributed by atoms with Gasteiger partial charge in [0.05, 0.1) is 12.7 Å². The normalized spacial score (nSPS) is 12.7. The molecule has 0 saturated carbocycles. The summed E-state index contributed by atoms with van der Waals surface area (Å²) < 4.78 is 0. The number of aliphatic hydroxyl groups is 2. The third-order valence-electron chi connectivity index (χ3n) is 2.09. The molecule has 0 bridgehead atoms. The second-order valence-corrected chi connectivity index (χ2v) is 4.42. The first-order valence-corrected chi connectivity index (χ1v) is 5.98. The van der Waals surface area contributed by atoms with Gasteiger partial charge in [-0.15, -0.1) is 0 Å². The number of rotatable bonds is 5. The van der Waals surface area contributed by atoms with Crippen LogP contribution in [0.1, 0.15) is 5.56 Å². The lowest BCUT2D eigenvalue weighted by atomic mass is 10.2. The predicted octanol–water partition coefficient (Wildman–Crippen LogP) is 1.48. The molecule has 3 N–H and O–H groups in total. The Morgan fingerprint density at radius 1 is 1.44 bits per heavy atom. The fourth-order valence-electron chi connectivity index (χ4n) is 1.15. The van der Waals surface area contributed by atoms with Crippen LogP contribution in [0.2, 0.25) is 10.0 Å². The van der Waals surface area contributed by atoms with Gasteiger partial charge in [0.25, 0.3) is 0 Å². The molecule has 4 nitrogen and oxygen atoms in total. The van der Waals surface area contributed by atoms with E-state index in [1.165, 1.54) is 12.2 Å². The predicted molar refractivity (Wildman–Crippen MR) is 71.6 cm³/mol. The fourth-order valence-corrected chi connectivity index (χ4v) is 1.51.